The Morgan fingerprint density at radius 3 is 1.96 bits per heavy atom. The van der Waals surface area contributed by atoms with E-state index < -0.39 is 32.0 Å². The van der Waals surface area contributed by atoms with Crippen molar-refractivity contribution in [2.75, 3.05) is 0 Å². The molecule has 0 aliphatic carbocycles. The highest BCUT2D eigenvalue weighted by atomic mass is 28.4. The minimum Gasteiger partial charge on any atom is -0.480 e. The molecular formula is C17H35NO5Si. The van der Waals surface area contributed by atoms with Crippen molar-refractivity contribution >= 4 is 20.4 Å². The van der Waals surface area contributed by atoms with Crippen molar-refractivity contribution in [2.24, 2.45) is 0 Å². The summed E-state index contributed by atoms with van der Waals surface area (Å²) in [6, 6.07) is -1.03. The Morgan fingerprint density at radius 1 is 1.12 bits per heavy atom. The van der Waals surface area contributed by atoms with Crippen LogP contribution in [0.1, 0.15) is 61.3 Å². The lowest BCUT2D eigenvalue weighted by Crippen LogP contribution is -2.48. The molecule has 0 bridgehead atoms. The molecule has 6 nitrogen and oxygen atoms in total. The molecule has 2 atom stereocenters. The summed E-state index contributed by atoms with van der Waals surface area (Å²) in [6.45, 7) is 17.8. The second-order valence-electron chi connectivity index (χ2n) is 8.68. The highest BCUT2D eigenvalue weighted by molar-refractivity contribution is 6.74. The zero-order valence-electron chi connectivity index (χ0n) is 16.6. The van der Waals surface area contributed by atoms with E-state index in [1.165, 1.54) is 0 Å². The highest BCUT2D eigenvalue weighted by Crippen LogP contribution is 2.38. The molecule has 0 aliphatic heterocycles. The van der Waals surface area contributed by atoms with Gasteiger partial charge < -0.3 is 19.6 Å². The summed E-state index contributed by atoms with van der Waals surface area (Å²) >= 11 is 0. The van der Waals surface area contributed by atoms with Crippen molar-refractivity contribution in [3.8, 4) is 0 Å². The number of alkyl carbamates (subject to hydrolysis) is 1. The largest absolute Gasteiger partial charge is 0.480 e. The average Bonchev–Trinajstić information content (AvgIpc) is 2.32. The van der Waals surface area contributed by atoms with Gasteiger partial charge in [0.05, 0.1) is 0 Å². The first-order chi connectivity index (χ1) is 10.6. The number of amides is 1. The van der Waals surface area contributed by atoms with Gasteiger partial charge in [0.25, 0.3) is 0 Å². The summed E-state index contributed by atoms with van der Waals surface area (Å²) in [5.74, 6) is -1.09. The van der Waals surface area contributed by atoms with E-state index in [-0.39, 0.29) is 17.6 Å². The van der Waals surface area contributed by atoms with E-state index in [2.05, 4.69) is 39.2 Å². The van der Waals surface area contributed by atoms with Crippen molar-refractivity contribution in [3.05, 3.63) is 0 Å². The van der Waals surface area contributed by atoms with Crippen molar-refractivity contribution < 1.29 is 23.9 Å². The van der Waals surface area contributed by atoms with Gasteiger partial charge in [-0.15, -0.1) is 0 Å². The zero-order chi connectivity index (χ0) is 19.3. The van der Waals surface area contributed by atoms with Crippen molar-refractivity contribution in [1.29, 1.82) is 0 Å². The molecule has 0 fully saturated rings. The third-order valence-electron chi connectivity index (χ3n) is 4.21. The van der Waals surface area contributed by atoms with Crippen LogP contribution < -0.4 is 5.32 Å². The zero-order valence-corrected chi connectivity index (χ0v) is 17.6. The molecule has 7 heteroatoms. The summed E-state index contributed by atoms with van der Waals surface area (Å²) in [5.41, 5.74) is -0.672. The number of hydrogen-bond donors (Lipinski definition) is 2. The predicted molar refractivity (Wildman–Crippen MR) is 97.8 cm³/mol. The average molecular weight is 362 g/mol. The van der Waals surface area contributed by atoms with Gasteiger partial charge in [-0.2, -0.15) is 0 Å². The van der Waals surface area contributed by atoms with Gasteiger partial charge in [-0.05, 0) is 45.3 Å². The van der Waals surface area contributed by atoms with E-state index >= 15 is 0 Å². The number of hydrogen-bond acceptors (Lipinski definition) is 4. The number of carbonyl (C=O) groups is 2. The maximum atomic E-state index is 11.9. The van der Waals surface area contributed by atoms with Crippen molar-refractivity contribution in [2.45, 2.75) is 97.2 Å². The topological polar surface area (TPSA) is 84.9 Å². The van der Waals surface area contributed by atoms with Crippen molar-refractivity contribution in [1.82, 2.24) is 5.32 Å². The van der Waals surface area contributed by atoms with E-state index in [0.29, 0.717) is 6.42 Å². The standard InChI is InChI=1S/C17H35NO5Si/c1-10-12(23-24(8,9)17(5,6)7)11-13(14(19)20)18-15(21)22-16(2,3)4/h12-13H,10-11H2,1-9H3,(H,18,21)(H,19,20)/t12-,13-/m0/s1. The maximum absolute atomic E-state index is 11.9. The first kappa shape index (κ1) is 22.9. The molecule has 0 rings (SSSR count). The second kappa shape index (κ2) is 8.34. The summed E-state index contributed by atoms with van der Waals surface area (Å²) < 4.78 is 11.4. The number of carboxylic acids is 1. The molecule has 0 saturated heterocycles. The third-order valence-corrected chi connectivity index (χ3v) is 8.75. The molecule has 0 radical (unpaired) electrons. The molecule has 0 spiro atoms. The fraction of sp³-hybridized carbons (Fsp3) is 0.882. The summed E-state index contributed by atoms with van der Waals surface area (Å²) in [4.78, 5) is 23.4. The minimum absolute atomic E-state index is 0.0394. The lowest BCUT2D eigenvalue weighted by molar-refractivity contribution is -0.140. The van der Waals surface area contributed by atoms with Crippen LogP contribution in [-0.4, -0.2) is 43.2 Å². The van der Waals surface area contributed by atoms with Crippen LogP contribution in [0.4, 0.5) is 4.79 Å². The Morgan fingerprint density at radius 2 is 1.62 bits per heavy atom. The number of aliphatic carboxylic acids is 1. The molecule has 2 N–H and O–H groups in total. The molecule has 0 aromatic heterocycles. The van der Waals surface area contributed by atoms with Crippen LogP contribution in [0.15, 0.2) is 0 Å². The van der Waals surface area contributed by atoms with E-state index in [1.807, 2.05) is 6.92 Å². The van der Waals surface area contributed by atoms with E-state index in [0.717, 1.165) is 0 Å². The van der Waals surface area contributed by atoms with E-state index in [1.54, 1.807) is 20.8 Å². The molecule has 1 amide bonds. The lowest BCUT2D eigenvalue weighted by atomic mass is 10.1. The smallest absolute Gasteiger partial charge is 0.408 e. The van der Waals surface area contributed by atoms with Crippen LogP contribution in [0.3, 0.4) is 0 Å². The van der Waals surface area contributed by atoms with Gasteiger partial charge in [0.1, 0.15) is 11.6 Å². The Hall–Kier alpha value is -1.08. The maximum Gasteiger partial charge on any atom is 0.408 e. The molecule has 0 saturated carbocycles. The van der Waals surface area contributed by atoms with Crippen molar-refractivity contribution in [3.63, 3.8) is 0 Å². The fourth-order valence-electron chi connectivity index (χ4n) is 1.83. The first-order valence-corrected chi connectivity index (χ1v) is 11.4. The van der Waals surface area contributed by atoms with E-state index in [9.17, 15) is 14.7 Å². The van der Waals surface area contributed by atoms with Crippen LogP contribution in [0.2, 0.25) is 18.1 Å². The molecule has 142 valence electrons. The Labute approximate surface area is 147 Å². The predicted octanol–water partition coefficient (Wildman–Crippen LogP) is 4.15. The Balaban J connectivity index is 4.96. The molecule has 24 heavy (non-hydrogen) atoms. The third kappa shape index (κ3) is 8.15. The Bertz CT molecular complexity index is 437. The van der Waals surface area contributed by atoms with Gasteiger partial charge in [0.2, 0.25) is 0 Å². The van der Waals surface area contributed by atoms with Crippen LogP contribution in [-0.2, 0) is 14.0 Å². The summed E-state index contributed by atoms with van der Waals surface area (Å²) in [5, 5.41) is 11.9. The van der Waals surface area contributed by atoms with Gasteiger partial charge in [-0.25, -0.2) is 9.59 Å². The summed E-state index contributed by atoms with van der Waals surface area (Å²) in [7, 11) is -2.01. The summed E-state index contributed by atoms with van der Waals surface area (Å²) in [6.07, 6.45) is -0.0387. The van der Waals surface area contributed by atoms with E-state index in [4.69, 9.17) is 9.16 Å². The van der Waals surface area contributed by atoms with Crippen LogP contribution >= 0.6 is 0 Å². The molecule has 0 aromatic carbocycles. The minimum atomic E-state index is -2.01. The van der Waals surface area contributed by atoms with Gasteiger partial charge in [-0.1, -0.05) is 27.7 Å². The van der Waals surface area contributed by atoms with Gasteiger partial charge in [-0.3, -0.25) is 0 Å². The van der Waals surface area contributed by atoms with Crippen LogP contribution in [0.5, 0.6) is 0 Å². The van der Waals surface area contributed by atoms with Crippen LogP contribution in [0.25, 0.3) is 0 Å². The molecule has 0 aromatic rings. The number of carboxylic acid groups (broad SMARTS) is 1. The van der Waals surface area contributed by atoms with Gasteiger partial charge in [0.15, 0.2) is 8.32 Å². The monoisotopic (exact) mass is 361 g/mol. The quantitative estimate of drug-likeness (QED) is 0.665. The molecule has 0 aliphatic rings. The lowest BCUT2D eigenvalue weighted by Gasteiger charge is -2.39. The Kier molecular flexibility index (Phi) is 7.96. The van der Waals surface area contributed by atoms with Gasteiger partial charge >= 0.3 is 12.1 Å². The van der Waals surface area contributed by atoms with Gasteiger partial charge in [0, 0.05) is 12.5 Å². The second-order valence-corrected chi connectivity index (χ2v) is 13.4. The first-order valence-electron chi connectivity index (χ1n) is 8.49. The number of carbonyl (C=O) groups excluding carboxylic acids is 1. The number of ether oxygens (including phenoxy) is 1. The highest BCUT2D eigenvalue weighted by Gasteiger charge is 2.39. The number of nitrogens with one attached hydrogen (secondary N) is 1. The fourth-order valence-corrected chi connectivity index (χ4v) is 3.28. The van der Waals surface area contributed by atoms with Crippen LogP contribution in [0, 0.1) is 0 Å². The normalized spacial score (nSPS) is 15.5. The SMILES string of the molecule is CC[C@@H](C[C@H](NC(=O)OC(C)(C)C)C(=O)O)O[Si](C)(C)C(C)(C)C. The molecular weight excluding hydrogens is 326 g/mol. The molecule has 0 unspecified atom stereocenters. The number of rotatable bonds is 7. The molecule has 0 heterocycles.